The van der Waals surface area contributed by atoms with Crippen molar-refractivity contribution in [1.82, 2.24) is 4.98 Å². The maximum Gasteiger partial charge on any atom is 0.0852 e. The van der Waals surface area contributed by atoms with E-state index in [1.807, 2.05) is 18.4 Å². The van der Waals surface area contributed by atoms with Gasteiger partial charge in [0.25, 0.3) is 0 Å². The number of aryl methyl sites for hydroxylation is 1. The van der Waals surface area contributed by atoms with Crippen molar-refractivity contribution in [2.75, 3.05) is 45.0 Å². The first-order chi connectivity index (χ1) is 19.0. The van der Waals surface area contributed by atoms with Crippen LogP contribution in [0, 0.1) is 0 Å². The normalized spacial score (nSPS) is 12.1. The molecule has 0 saturated carbocycles. The van der Waals surface area contributed by atoms with Crippen LogP contribution in [0.15, 0.2) is 29.3 Å². The Hall–Kier alpha value is -2.14. The second-order valence-corrected chi connectivity index (χ2v) is 12.7. The quantitative estimate of drug-likeness (QED) is 0.117. The van der Waals surface area contributed by atoms with E-state index < -0.39 is 0 Å². The van der Waals surface area contributed by atoms with Crippen LogP contribution >= 0.6 is 11.3 Å². The van der Waals surface area contributed by atoms with Gasteiger partial charge >= 0.3 is 0 Å². The van der Waals surface area contributed by atoms with Crippen LogP contribution in [0.3, 0.4) is 0 Å². The molecule has 0 amide bonds. The Kier molecular flexibility index (Phi) is 13.6. The van der Waals surface area contributed by atoms with Crippen molar-refractivity contribution in [3.8, 4) is 10.6 Å². The Balaban J connectivity index is 1.50. The van der Waals surface area contributed by atoms with Crippen molar-refractivity contribution >= 4 is 32.9 Å². The first kappa shape index (κ1) is 31.4. The second kappa shape index (κ2) is 16.8. The van der Waals surface area contributed by atoms with E-state index >= 15 is 0 Å². The number of unbranched alkanes of at least 4 members (excludes halogenated alkanes) is 14. The van der Waals surface area contributed by atoms with Crippen molar-refractivity contribution in [2.45, 2.75) is 110 Å². The van der Waals surface area contributed by atoms with Crippen LogP contribution in [-0.4, -0.2) is 40.2 Å². The number of benzene rings is 2. The van der Waals surface area contributed by atoms with E-state index in [4.69, 9.17) is 9.98 Å². The Morgan fingerprint density at radius 2 is 1.28 bits per heavy atom. The predicted molar refractivity (Wildman–Crippen MR) is 175 cm³/mol. The number of rotatable bonds is 18. The molecule has 0 N–H and O–H groups in total. The van der Waals surface area contributed by atoms with Gasteiger partial charge in [0.05, 0.1) is 31.8 Å². The minimum Gasteiger partial charge on any atom is -0.378 e. The summed E-state index contributed by atoms with van der Waals surface area (Å²) in [5.41, 5.74) is 5.92. The highest BCUT2D eigenvalue weighted by Crippen LogP contribution is 2.38. The molecule has 1 aromatic rings. The lowest BCUT2D eigenvalue weighted by molar-refractivity contribution is 0.532. The summed E-state index contributed by atoms with van der Waals surface area (Å²) in [5.74, 6) is 0. The molecule has 1 aliphatic heterocycles. The van der Waals surface area contributed by atoms with Crippen LogP contribution in [0.1, 0.15) is 109 Å². The summed E-state index contributed by atoms with van der Waals surface area (Å²) in [4.78, 5) is 15.5. The van der Waals surface area contributed by atoms with Gasteiger partial charge in [-0.1, -0.05) is 96.8 Å². The number of nitrogens with zero attached hydrogens (tertiary/aromatic N) is 4. The van der Waals surface area contributed by atoms with Gasteiger partial charge in [-0.2, -0.15) is 0 Å². The molecular weight excluding hydrogens is 496 g/mol. The highest BCUT2D eigenvalue weighted by atomic mass is 32.1. The van der Waals surface area contributed by atoms with Crippen molar-refractivity contribution in [2.24, 2.45) is 4.99 Å². The minimum atomic E-state index is 1.07. The zero-order valence-corrected chi connectivity index (χ0v) is 26.6. The lowest BCUT2D eigenvalue weighted by Gasteiger charge is -2.21. The molecule has 4 nitrogen and oxygen atoms in total. The Morgan fingerprint density at radius 1 is 0.718 bits per heavy atom. The molecule has 5 heteroatoms. The van der Waals surface area contributed by atoms with E-state index in [0.717, 1.165) is 23.0 Å². The van der Waals surface area contributed by atoms with Crippen molar-refractivity contribution in [1.29, 1.82) is 0 Å². The molecule has 0 bridgehead atoms. The maximum atomic E-state index is 5.10. The van der Waals surface area contributed by atoms with Gasteiger partial charge < -0.3 is 9.80 Å². The summed E-state index contributed by atoms with van der Waals surface area (Å²) in [5, 5.41) is 1.14. The van der Waals surface area contributed by atoms with Crippen LogP contribution in [-0.2, 0) is 6.42 Å². The summed E-state index contributed by atoms with van der Waals surface area (Å²) < 4.78 is 1.22. The third kappa shape index (κ3) is 9.48. The first-order valence-corrected chi connectivity index (χ1v) is 16.5. The van der Waals surface area contributed by atoms with Gasteiger partial charge in [0.2, 0.25) is 0 Å². The standard InChI is InChI=1S/C34H54N4S/c1-7-8-9-10-11-12-13-14-15-16-17-18-19-20-21-22-27-25-30-34(33(38(5)6)32(27)35-2)39-31-26-28(37(3)4)23-24-29(31)36-30/h23-26H,7-22H2,1-6H3. The smallest absolute Gasteiger partial charge is 0.0852 e. The van der Waals surface area contributed by atoms with E-state index in [2.05, 4.69) is 69.2 Å². The average Bonchev–Trinajstić information content (AvgIpc) is 2.92. The minimum absolute atomic E-state index is 1.07. The van der Waals surface area contributed by atoms with Gasteiger partial charge in [0.15, 0.2) is 0 Å². The molecule has 1 aliphatic carbocycles. The zero-order chi connectivity index (χ0) is 28.0. The Labute approximate surface area is 242 Å². The Morgan fingerprint density at radius 3 is 1.79 bits per heavy atom. The Bertz CT molecular complexity index is 1160. The van der Waals surface area contributed by atoms with Gasteiger partial charge in [-0.25, -0.2) is 4.98 Å². The summed E-state index contributed by atoms with van der Waals surface area (Å²) in [7, 11) is 10.4. The second-order valence-electron chi connectivity index (χ2n) is 11.7. The summed E-state index contributed by atoms with van der Waals surface area (Å²) >= 11 is 1.83. The SMILES string of the molecule is CCCCCCCCCCCCCCCCCc1cc2nc3ccc(N(C)C)cc3sc-2c(N(C)C)c1=NC. The van der Waals surface area contributed by atoms with Crippen molar-refractivity contribution in [3.63, 3.8) is 0 Å². The lowest BCUT2D eigenvalue weighted by atomic mass is 10.0. The van der Waals surface area contributed by atoms with Gasteiger partial charge in [-0.15, -0.1) is 11.3 Å². The van der Waals surface area contributed by atoms with E-state index in [9.17, 15) is 0 Å². The topological polar surface area (TPSA) is 31.7 Å². The summed E-state index contributed by atoms with van der Waals surface area (Å²) in [6, 6.07) is 8.87. The van der Waals surface area contributed by atoms with E-state index in [1.165, 1.54) is 123 Å². The molecule has 0 saturated heterocycles. The highest BCUT2D eigenvalue weighted by Gasteiger charge is 2.19. The lowest BCUT2D eigenvalue weighted by Crippen LogP contribution is -2.24. The number of fused-ring (bicyclic) bond motifs is 2. The fourth-order valence-electron chi connectivity index (χ4n) is 5.60. The van der Waals surface area contributed by atoms with Gasteiger partial charge in [0.1, 0.15) is 0 Å². The summed E-state index contributed by atoms with van der Waals surface area (Å²) in [6.07, 6.45) is 22.0. The van der Waals surface area contributed by atoms with E-state index in [0.29, 0.717) is 0 Å². The molecular formula is C34H54N4S. The van der Waals surface area contributed by atoms with E-state index in [1.54, 1.807) is 0 Å². The molecule has 0 aromatic heterocycles. The van der Waals surface area contributed by atoms with Crippen LogP contribution in [0.25, 0.3) is 20.8 Å². The molecule has 0 atom stereocenters. The number of anilines is 2. The molecule has 1 heterocycles. The fraction of sp³-hybridized carbons (Fsp3) is 0.647. The molecule has 39 heavy (non-hydrogen) atoms. The number of hydrogen-bond donors (Lipinski definition) is 0. The van der Waals surface area contributed by atoms with Crippen LogP contribution in [0.5, 0.6) is 0 Å². The van der Waals surface area contributed by atoms with E-state index in [-0.39, 0.29) is 0 Å². The molecule has 0 spiro atoms. The van der Waals surface area contributed by atoms with Crippen LogP contribution in [0.4, 0.5) is 11.4 Å². The largest absolute Gasteiger partial charge is 0.378 e. The molecule has 0 radical (unpaired) electrons. The van der Waals surface area contributed by atoms with Crippen molar-refractivity contribution in [3.05, 3.63) is 35.2 Å². The molecule has 216 valence electrons. The van der Waals surface area contributed by atoms with Crippen LogP contribution < -0.4 is 15.2 Å². The predicted octanol–water partition coefficient (Wildman–Crippen LogP) is 9.48. The van der Waals surface area contributed by atoms with Crippen molar-refractivity contribution < 1.29 is 0 Å². The van der Waals surface area contributed by atoms with Crippen LogP contribution in [0.2, 0.25) is 0 Å². The highest BCUT2D eigenvalue weighted by molar-refractivity contribution is 7.22. The first-order valence-electron chi connectivity index (χ1n) is 15.6. The molecule has 0 fully saturated rings. The van der Waals surface area contributed by atoms with Gasteiger partial charge in [-0.3, -0.25) is 4.99 Å². The van der Waals surface area contributed by atoms with Gasteiger partial charge in [-0.05, 0) is 42.7 Å². The third-order valence-electron chi connectivity index (χ3n) is 7.92. The monoisotopic (exact) mass is 550 g/mol. The fourth-order valence-corrected chi connectivity index (χ4v) is 6.80. The third-order valence-corrected chi connectivity index (χ3v) is 9.07. The van der Waals surface area contributed by atoms with Gasteiger partial charge in [0, 0.05) is 40.9 Å². The molecule has 2 aliphatic rings. The summed E-state index contributed by atoms with van der Waals surface area (Å²) in [6.45, 7) is 2.30. The maximum absolute atomic E-state index is 5.10. The number of aromatic nitrogens is 1. The molecule has 0 unspecified atom stereocenters. The molecule has 1 aromatic carbocycles. The average molecular weight is 551 g/mol. The zero-order valence-electron chi connectivity index (χ0n) is 25.8. The number of hydrogen-bond acceptors (Lipinski definition) is 5. The molecule has 3 rings (SSSR count).